The molecule has 3 aliphatic heterocycles. The van der Waals surface area contributed by atoms with Gasteiger partial charge in [-0.15, -0.1) is 0 Å². The summed E-state index contributed by atoms with van der Waals surface area (Å²) in [4.78, 5) is 30.8. The first-order valence-corrected chi connectivity index (χ1v) is 8.77. The van der Waals surface area contributed by atoms with Crippen LogP contribution in [-0.4, -0.2) is 66.1 Å². The number of nitrogens with one attached hydrogen (secondary N) is 1. The van der Waals surface area contributed by atoms with Crippen LogP contribution < -0.4 is 5.56 Å². The summed E-state index contributed by atoms with van der Waals surface area (Å²) in [6.07, 6.45) is 3.89. The number of carbonyl (C=O) groups excluding carboxylic acids is 1. The summed E-state index contributed by atoms with van der Waals surface area (Å²) in [5.74, 6) is 0.777. The average molecular weight is 352 g/mol. The molecule has 6 nitrogen and oxygen atoms in total. The van der Waals surface area contributed by atoms with E-state index in [1.807, 2.05) is 4.90 Å². The molecule has 1 spiro atoms. The second-order valence-corrected chi connectivity index (χ2v) is 7.95. The van der Waals surface area contributed by atoms with Gasteiger partial charge in [-0.25, -0.2) is 0 Å². The lowest BCUT2D eigenvalue weighted by Crippen LogP contribution is -2.40. The maximum absolute atomic E-state index is 12.8. The van der Waals surface area contributed by atoms with Crippen LogP contribution in [0.5, 0.6) is 0 Å². The number of ether oxygens (including phenoxy) is 1. The summed E-state index contributed by atoms with van der Waals surface area (Å²) in [6, 6.07) is 1.45. The Morgan fingerprint density at radius 2 is 2.33 bits per heavy atom. The van der Waals surface area contributed by atoms with Crippen LogP contribution in [0.4, 0.5) is 0 Å². The Hall–Kier alpha value is -1.37. The second-order valence-electron chi connectivity index (χ2n) is 7.54. The molecule has 1 N–H and O–H groups in total. The molecular formula is C17H22ClN3O3. The first kappa shape index (κ1) is 16.1. The molecule has 7 heteroatoms. The first-order chi connectivity index (χ1) is 11.4. The highest BCUT2D eigenvalue weighted by Crippen LogP contribution is 2.55. The van der Waals surface area contributed by atoms with Gasteiger partial charge in [0, 0.05) is 31.1 Å². The largest absolute Gasteiger partial charge is 0.369 e. The minimum atomic E-state index is -0.377. The molecular weight excluding hydrogens is 330 g/mol. The van der Waals surface area contributed by atoms with E-state index in [1.165, 1.54) is 12.3 Å². The van der Waals surface area contributed by atoms with Crippen LogP contribution in [0, 0.1) is 11.8 Å². The van der Waals surface area contributed by atoms with Gasteiger partial charge in [0.15, 0.2) is 0 Å². The number of halogens is 1. The smallest absolute Gasteiger partial charge is 0.266 e. The molecule has 3 fully saturated rings. The summed E-state index contributed by atoms with van der Waals surface area (Å²) in [5, 5.41) is 0.0427. The van der Waals surface area contributed by atoms with Gasteiger partial charge in [-0.3, -0.25) is 9.59 Å². The number of likely N-dealkylation sites (tertiary alicyclic amines) is 1. The highest BCUT2D eigenvalue weighted by Gasteiger charge is 2.63. The molecule has 0 aliphatic carbocycles. The number of amides is 1. The number of pyridine rings is 1. The van der Waals surface area contributed by atoms with E-state index >= 15 is 0 Å². The van der Waals surface area contributed by atoms with Gasteiger partial charge in [-0.05, 0) is 33.0 Å². The number of aromatic amines is 1. The van der Waals surface area contributed by atoms with E-state index in [4.69, 9.17) is 16.3 Å². The van der Waals surface area contributed by atoms with Gasteiger partial charge in [-0.2, -0.15) is 0 Å². The lowest BCUT2D eigenvalue weighted by Gasteiger charge is -2.30. The van der Waals surface area contributed by atoms with Crippen molar-refractivity contribution in [3.8, 4) is 0 Å². The minimum absolute atomic E-state index is 0.0427. The zero-order valence-corrected chi connectivity index (χ0v) is 14.7. The fourth-order valence-electron chi connectivity index (χ4n) is 4.77. The van der Waals surface area contributed by atoms with Crippen LogP contribution in [-0.2, 0) is 4.74 Å². The van der Waals surface area contributed by atoms with Gasteiger partial charge in [0.2, 0.25) is 0 Å². The molecule has 3 saturated heterocycles. The van der Waals surface area contributed by atoms with Crippen LogP contribution in [0.25, 0.3) is 0 Å². The predicted molar refractivity (Wildman–Crippen MR) is 90.3 cm³/mol. The second kappa shape index (κ2) is 5.58. The van der Waals surface area contributed by atoms with E-state index < -0.39 is 0 Å². The molecule has 4 rings (SSSR count). The summed E-state index contributed by atoms with van der Waals surface area (Å²) in [7, 11) is 4.16. The maximum Gasteiger partial charge on any atom is 0.266 e. The topological polar surface area (TPSA) is 65.6 Å². The van der Waals surface area contributed by atoms with E-state index in [1.54, 1.807) is 0 Å². The van der Waals surface area contributed by atoms with E-state index in [0.29, 0.717) is 36.6 Å². The predicted octanol–water partition coefficient (Wildman–Crippen LogP) is 1.21. The molecule has 1 aromatic heterocycles. The van der Waals surface area contributed by atoms with E-state index in [2.05, 4.69) is 24.0 Å². The molecule has 4 heterocycles. The number of fused-ring (bicyclic) bond motifs is 1. The molecule has 3 aliphatic rings. The Balaban J connectivity index is 1.56. The zero-order valence-electron chi connectivity index (χ0n) is 13.9. The van der Waals surface area contributed by atoms with Crippen LogP contribution in [0.2, 0.25) is 5.02 Å². The number of hydrogen-bond acceptors (Lipinski definition) is 4. The molecule has 130 valence electrons. The third kappa shape index (κ3) is 2.39. The maximum atomic E-state index is 12.8. The van der Waals surface area contributed by atoms with Crippen molar-refractivity contribution >= 4 is 17.5 Å². The summed E-state index contributed by atoms with van der Waals surface area (Å²) < 4.78 is 6.35. The molecule has 4 atom stereocenters. The Morgan fingerprint density at radius 3 is 3.04 bits per heavy atom. The quantitative estimate of drug-likeness (QED) is 0.889. The number of carbonyl (C=O) groups is 1. The summed E-state index contributed by atoms with van der Waals surface area (Å²) in [5.41, 5.74) is -0.125. The average Bonchev–Trinajstić information content (AvgIpc) is 3.18. The Kier molecular flexibility index (Phi) is 3.74. The van der Waals surface area contributed by atoms with Crippen LogP contribution in [0.1, 0.15) is 23.2 Å². The van der Waals surface area contributed by atoms with Crippen LogP contribution in [0.15, 0.2) is 17.1 Å². The number of hydrogen-bond donors (Lipinski definition) is 1. The highest BCUT2D eigenvalue weighted by atomic mass is 35.5. The fraction of sp³-hybridized carbons (Fsp3) is 0.647. The van der Waals surface area contributed by atoms with Crippen molar-refractivity contribution in [2.75, 3.05) is 33.7 Å². The van der Waals surface area contributed by atoms with Crippen molar-refractivity contribution < 1.29 is 9.53 Å². The van der Waals surface area contributed by atoms with Crippen molar-refractivity contribution in [1.82, 2.24) is 14.8 Å². The molecule has 0 saturated carbocycles. The van der Waals surface area contributed by atoms with Crippen molar-refractivity contribution in [2.45, 2.75) is 24.5 Å². The van der Waals surface area contributed by atoms with Gasteiger partial charge >= 0.3 is 0 Å². The van der Waals surface area contributed by atoms with Crippen molar-refractivity contribution in [3.05, 3.63) is 33.2 Å². The number of rotatable bonds is 3. The van der Waals surface area contributed by atoms with E-state index in [-0.39, 0.29) is 22.1 Å². The minimum Gasteiger partial charge on any atom is -0.369 e. The molecule has 1 aromatic rings. The van der Waals surface area contributed by atoms with Crippen LogP contribution in [0.3, 0.4) is 0 Å². The zero-order chi connectivity index (χ0) is 17.1. The Labute approximate surface area is 145 Å². The number of H-pyrrole nitrogens is 1. The van der Waals surface area contributed by atoms with Crippen molar-refractivity contribution in [3.63, 3.8) is 0 Å². The molecule has 1 amide bonds. The lowest BCUT2D eigenvalue weighted by atomic mass is 9.73. The third-order valence-electron chi connectivity index (χ3n) is 5.75. The number of aromatic nitrogens is 1. The molecule has 0 unspecified atom stereocenters. The van der Waals surface area contributed by atoms with Gasteiger partial charge in [0.05, 0.1) is 23.8 Å². The summed E-state index contributed by atoms with van der Waals surface area (Å²) in [6.45, 7) is 2.34. The normalized spacial score (nSPS) is 34.2. The molecule has 0 aromatic carbocycles. The SMILES string of the molecule is CN(C)C[C@H]1[C@@H]2CC[C@@]3(CN(C(=O)c4c[nH]c(=O)c(Cl)c4)C[C@@H]13)O2. The van der Waals surface area contributed by atoms with Gasteiger partial charge in [0.1, 0.15) is 5.02 Å². The lowest BCUT2D eigenvalue weighted by molar-refractivity contribution is 0.00256. The Morgan fingerprint density at radius 1 is 1.54 bits per heavy atom. The summed E-state index contributed by atoms with van der Waals surface area (Å²) >= 11 is 5.86. The first-order valence-electron chi connectivity index (χ1n) is 8.40. The van der Waals surface area contributed by atoms with Gasteiger partial charge in [-0.1, -0.05) is 11.6 Å². The van der Waals surface area contributed by atoms with Crippen molar-refractivity contribution in [2.24, 2.45) is 11.8 Å². The standard InChI is InChI=1S/C17H22ClN3O3/c1-20(2)7-11-12-8-21(9-17(12)4-3-14(11)24-17)16(23)10-5-13(18)15(22)19-6-10/h5-6,11-12,14H,3-4,7-9H2,1-2H3,(H,19,22)/t11-,12+,14+,17+/m1/s1. The Bertz CT molecular complexity index is 734. The molecule has 24 heavy (non-hydrogen) atoms. The third-order valence-corrected chi connectivity index (χ3v) is 6.03. The van der Waals surface area contributed by atoms with E-state index in [0.717, 1.165) is 19.4 Å². The monoisotopic (exact) mass is 351 g/mol. The van der Waals surface area contributed by atoms with Gasteiger partial charge in [0.25, 0.3) is 11.5 Å². The number of nitrogens with zero attached hydrogens (tertiary/aromatic N) is 2. The fourth-order valence-corrected chi connectivity index (χ4v) is 4.95. The van der Waals surface area contributed by atoms with E-state index in [9.17, 15) is 9.59 Å². The van der Waals surface area contributed by atoms with Gasteiger partial charge < -0.3 is 19.5 Å². The highest BCUT2D eigenvalue weighted by molar-refractivity contribution is 6.30. The van der Waals surface area contributed by atoms with Crippen molar-refractivity contribution in [1.29, 1.82) is 0 Å². The molecule has 0 radical (unpaired) electrons. The van der Waals surface area contributed by atoms with Crippen LogP contribution >= 0.6 is 11.6 Å². The molecule has 2 bridgehead atoms.